The Kier molecular flexibility index (Phi) is 4.75. The first-order valence-electron chi connectivity index (χ1n) is 9.22. The Labute approximate surface area is 158 Å². The standard InChI is InChI=1S/C20H23N3O4/c1-25-18-14(6-5-11-21-18)13-22-19(24)23-15-7-8-16-17(12-15)27-20(26-16)9-3-2-4-10-20/h5-8,11-12H,2-4,9-10,13H2,1H3,(H2,22,23,24). The van der Waals surface area contributed by atoms with Crippen molar-refractivity contribution in [2.24, 2.45) is 0 Å². The summed E-state index contributed by atoms with van der Waals surface area (Å²) in [5.41, 5.74) is 1.46. The number of carbonyl (C=O) groups is 1. The van der Waals surface area contributed by atoms with Gasteiger partial charge in [0.05, 0.1) is 7.11 Å². The van der Waals surface area contributed by atoms with Gasteiger partial charge < -0.3 is 24.8 Å². The highest BCUT2D eigenvalue weighted by Crippen LogP contribution is 2.46. The van der Waals surface area contributed by atoms with Crippen molar-refractivity contribution in [3.8, 4) is 17.4 Å². The number of fused-ring (bicyclic) bond motifs is 1. The molecule has 0 atom stereocenters. The zero-order valence-electron chi connectivity index (χ0n) is 15.3. The second kappa shape index (κ2) is 7.34. The maximum Gasteiger partial charge on any atom is 0.319 e. The predicted molar refractivity (Wildman–Crippen MR) is 100 cm³/mol. The summed E-state index contributed by atoms with van der Waals surface area (Å²) < 4.78 is 17.3. The lowest BCUT2D eigenvalue weighted by Crippen LogP contribution is -2.40. The monoisotopic (exact) mass is 369 g/mol. The van der Waals surface area contributed by atoms with Crippen LogP contribution in [0.1, 0.15) is 37.7 Å². The molecule has 1 saturated carbocycles. The minimum Gasteiger partial charge on any atom is -0.481 e. The van der Waals surface area contributed by atoms with Gasteiger partial charge in [-0.2, -0.15) is 0 Å². The average molecular weight is 369 g/mol. The van der Waals surface area contributed by atoms with Crippen LogP contribution in [-0.4, -0.2) is 23.9 Å². The molecule has 2 N–H and O–H groups in total. The van der Waals surface area contributed by atoms with E-state index in [-0.39, 0.29) is 6.03 Å². The molecular weight excluding hydrogens is 346 g/mol. The maximum atomic E-state index is 12.2. The van der Waals surface area contributed by atoms with Crippen LogP contribution in [-0.2, 0) is 6.54 Å². The number of carbonyl (C=O) groups excluding carboxylic acids is 1. The zero-order chi connectivity index (χ0) is 18.7. The molecule has 2 heterocycles. The van der Waals surface area contributed by atoms with Crippen molar-refractivity contribution in [1.29, 1.82) is 0 Å². The van der Waals surface area contributed by atoms with Gasteiger partial charge in [0.25, 0.3) is 5.79 Å². The van der Waals surface area contributed by atoms with E-state index in [4.69, 9.17) is 14.2 Å². The molecule has 0 radical (unpaired) electrons. The lowest BCUT2D eigenvalue weighted by molar-refractivity contribution is -0.105. The van der Waals surface area contributed by atoms with E-state index in [1.54, 1.807) is 19.4 Å². The van der Waals surface area contributed by atoms with Crippen molar-refractivity contribution in [3.63, 3.8) is 0 Å². The van der Waals surface area contributed by atoms with E-state index >= 15 is 0 Å². The third kappa shape index (κ3) is 3.77. The van der Waals surface area contributed by atoms with Gasteiger partial charge in [-0.05, 0) is 31.0 Å². The number of benzene rings is 1. The van der Waals surface area contributed by atoms with Crippen LogP contribution in [0.15, 0.2) is 36.5 Å². The number of anilines is 1. The lowest BCUT2D eigenvalue weighted by Gasteiger charge is -2.31. The fourth-order valence-electron chi connectivity index (χ4n) is 3.56. The summed E-state index contributed by atoms with van der Waals surface area (Å²) in [6.07, 6.45) is 6.89. The van der Waals surface area contributed by atoms with Gasteiger partial charge in [0, 0.05) is 42.9 Å². The van der Waals surface area contributed by atoms with Crippen LogP contribution in [0.2, 0.25) is 0 Å². The Balaban J connectivity index is 1.37. The molecule has 1 aromatic heterocycles. The Morgan fingerprint density at radius 3 is 2.81 bits per heavy atom. The maximum absolute atomic E-state index is 12.2. The van der Waals surface area contributed by atoms with E-state index in [1.165, 1.54) is 6.42 Å². The molecule has 1 aliphatic carbocycles. The summed E-state index contributed by atoms with van der Waals surface area (Å²) in [4.78, 5) is 16.3. The van der Waals surface area contributed by atoms with Crippen molar-refractivity contribution in [2.75, 3.05) is 12.4 Å². The first kappa shape index (κ1) is 17.5. The SMILES string of the molecule is COc1ncccc1CNC(=O)Nc1ccc2c(c1)OC1(CCCCC1)O2. The number of amides is 2. The van der Waals surface area contributed by atoms with Gasteiger partial charge in [0.15, 0.2) is 11.5 Å². The van der Waals surface area contributed by atoms with E-state index in [9.17, 15) is 4.79 Å². The number of methoxy groups -OCH3 is 1. The summed E-state index contributed by atoms with van der Waals surface area (Å²) in [5, 5.41) is 5.63. The average Bonchev–Trinajstić information content (AvgIpc) is 3.03. The number of aromatic nitrogens is 1. The number of urea groups is 1. The van der Waals surface area contributed by atoms with E-state index in [1.807, 2.05) is 24.3 Å². The second-order valence-electron chi connectivity index (χ2n) is 6.82. The minimum atomic E-state index is -0.516. The summed E-state index contributed by atoms with van der Waals surface area (Å²) in [5.74, 6) is 1.41. The number of hydrogen-bond acceptors (Lipinski definition) is 5. The van der Waals surface area contributed by atoms with Gasteiger partial charge in [0.1, 0.15) is 0 Å². The van der Waals surface area contributed by atoms with Crippen molar-refractivity contribution in [3.05, 3.63) is 42.1 Å². The Morgan fingerprint density at radius 1 is 1.19 bits per heavy atom. The molecule has 7 nitrogen and oxygen atoms in total. The van der Waals surface area contributed by atoms with Gasteiger partial charge in [0.2, 0.25) is 5.88 Å². The largest absolute Gasteiger partial charge is 0.481 e. The fourth-order valence-corrected chi connectivity index (χ4v) is 3.56. The van der Waals surface area contributed by atoms with E-state index in [0.29, 0.717) is 23.9 Å². The van der Waals surface area contributed by atoms with Gasteiger partial charge in [-0.15, -0.1) is 0 Å². The molecule has 0 saturated heterocycles. The second-order valence-corrected chi connectivity index (χ2v) is 6.82. The molecular formula is C20H23N3O4. The van der Waals surface area contributed by atoms with Crippen LogP contribution in [0.3, 0.4) is 0 Å². The molecule has 2 aliphatic rings. The van der Waals surface area contributed by atoms with E-state index in [2.05, 4.69) is 15.6 Å². The number of ether oxygens (including phenoxy) is 3. The molecule has 2 aromatic rings. The zero-order valence-corrected chi connectivity index (χ0v) is 15.3. The van der Waals surface area contributed by atoms with Crippen molar-refractivity contribution < 1.29 is 19.0 Å². The van der Waals surface area contributed by atoms with Crippen LogP contribution in [0, 0.1) is 0 Å². The van der Waals surface area contributed by atoms with E-state index in [0.717, 1.165) is 37.0 Å². The van der Waals surface area contributed by atoms with Crippen LogP contribution < -0.4 is 24.8 Å². The molecule has 0 unspecified atom stereocenters. The third-order valence-electron chi connectivity index (χ3n) is 4.89. The van der Waals surface area contributed by atoms with Gasteiger partial charge in [-0.3, -0.25) is 0 Å². The van der Waals surface area contributed by atoms with Crippen molar-refractivity contribution in [1.82, 2.24) is 10.3 Å². The molecule has 1 aromatic carbocycles. The first-order valence-corrected chi connectivity index (χ1v) is 9.22. The molecule has 4 rings (SSSR count). The van der Waals surface area contributed by atoms with Crippen LogP contribution in [0.5, 0.6) is 17.4 Å². The third-order valence-corrected chi connectivity index (χ3v) is 4.89. The predicted octanol–water partition coefficient (Wildman–Crippen LogP) is 3.84. The lowest BCUT2D eigenvalue weighted by atomic mass is 9.94. The Hall–Kier alpha value is -2.96. The van der Waals surface area contributed by atoms with Gasteiger partial charge in [-0.1, -0.05) is 12.5 Å². The number of pyridine rings is 1. The van der Waals surface area contributed by atoms with Crippen molar-refractivity contribution in [2.45, 2.75) is 44.4 Å². The normalized spacial score (nSPS) is 16.8. The quantitative estimate of drug-likeness (QED) is 0.856. The van der Waals surface area contributed by atoms with Crippen LogP contribution in [0.4, 0.5) is 10.5 Å². The molecule has 0 bridgehead atoms. The smallest absolute Gasteiger partial charge is 0.319 e. The van der Waals surface area contributed by atoms with Gasteiger partial charge >= 0.3 is 6.03 Å². The summed E-state index contributed by atoms with van der Waals surface area (Å²) in [7, 11) is 1.55. The number of nitrogens with zero attached hydrogens (tertiary/aromatic N) is 1. The van der Waals surface area contributed by atoms with Gasteiger partial charge in [-0.25, -0.2) is 9.78 Å². The molecule has 142 valence electrons. The highest BCUT2D eigenvalue weighted by atomic mass is 16.7. The highest BCUT2D eigenvalue weighted by Gasteiger charge is 2.42. The Bertz CT molecular complexity index is 834. The van der Waals surface area contributed by atoms with Crippen LogP contribution in [0.25, 0.3) is 0 Å². The molecule has 1 spiro atoms. The fraction of sp³-hybridized carbons (Fsp3) is 0.400. The van der Waals surface area contributed by atoms with Crippen LogP contribution >= 0.6 is 0 Å². The Morgan fingerprint density at radius 2 is 2.00 bits per heavy atom. The molecule has 27 heavy (non-hydrogen) atoms. The topological polar surface area (TPSA) is 81.7 Å². The number of hydrogen-bond donors (Lipinski definition) is 2. The summed E-state index contributed by atoms with van der Waals surface area (Å²) in [6, 6.07) is 8.81. The molecule has 7 heteroatoms. The molecule has 1 fully saturated rings. The first-order chi connectivity index (χ1) is 13.2. The summed E-state index contributed by atoms with van der Waals surface area (Å²) >= 11 is 0. The number of nitrogens with one attached hydrogen (secondary N) is 2. The van der Waals surface area contributed by atoms with Crippen molar-refractivity contribution >= 4 is 11.7 Å². The minimum absolute atomic E-state index is 0.313. The highest BCUT2D eigenvalue weighted by molar-refractivity contribution is 5.89. The van der Waals surface area contributed by atoms with E-state index < -0.39 is 5.79 Å². The molecule has 2 amide bonds. The summed E-state index contributed by atoms with van der Waals surface area (Å²) in [6.45, 7) is 0.316. The molecule has 1 aliphatic heterocycles. The number of rotatable bonds is 4.